The largest absolute Gasteiger partial charge is 0.504 e. The van der Waals surface area contributed by atoms with E-state index in [1.807, 2.05) is 30.3 Å². The van der Waals surface area contributed by atoms with Crippen molar-refractivity contribution in [1.29, 1.82) is 0 Å². The van der Waals surface area contributed by atoms with Gasteiger partial charge >= 0.3 is 5.97 Å². The van der Waals surface area contributed by atoms with E-state index in [-0.39, 0.29) is 17.1 Å². The average Bonchev–Trinajstić information content (AvgIpc) is 2.79. The minimum Gasteiger partial charge on any atom is -0.504 e. The lowest BCUT2D eigenvalue weighted by Gasteiger charge is -2.15. The van der Waals surface area contributed by atoms with Gasteiger partial charge in [-0.1, -0.05) is 36.4 Å². The number of methoxy groups -OCH3 is 1. The number of ether oxygens (including phenoxy) is 3. The van der Waals surface area contributed by atoms with Crippen molar-refractivity contribution in [2.75, 3.05) is 12.4 Å². The lowest BCUT2D eigenvalue weighted by atomic mass is 10.2. The van der Waals surface area contributed by atoms with E-state index in [2.05, 4.69) is 5.32 Å². The predicted octanol–water partition coefficient (Wildman–Crippen LogP) is 4.16. The number of carbonyl (C=O) groups excluding carboxylic acids is 2. The Morgan fingerprint density at radius 2 is 1.68 bits per heavy atom. The maximum atomic E-state index is 12.4. The van der Waals surface area contributed by atoms with Crippen molar-refractivity contribution in [1.82, 2.24) is 0 Å². The molecule has 160 valence electrons. The zero-order valence-corrected chi connectivity index (χ0v) is 17.2. The first-order valence-corrected chi connectivity index (χ1v) is 9.62. The Morgan fingerprint density at radius 3 is 2.35 bits per heavy atom. The third-order valence-corrected chi connectivity index (χ3v) is 4.46. The molecule has 0 aliphatic rings. The first kappa shape index (κ1) is 21.7. The molecule has 0 aliphatic heterocycles. The van der Waals surface area contributed by atoms with Crippen molar-refractivity contribution in [3.05, 3.63) is 83.9 Å². The molecule has 3 aromatic carbocycles. The summed E-state index contributed by atoms with van der Waals surface area (Å²) in [6, 6.07) is 21.1. The average molecular weight is 421 g/mol. The zero-order valence-electron chi connectivity index (χ0n) is 17.2. The molecule has 0 aromatic heterocycles. The van der Waals surface area contributed by atoms with Gasteiger partial charge in [0, 0.05) is 5.69 Å². The van der Waals surface area contributed by atoms with Crippen LogP contribution in [0.2, 0.25) is 0 Å². The molecule has 0 heterocycles. The van der Waals surface area contributed by atoms with Crippen LogP contribution in [-0.2, 0) is 16.1 Å². The number of anilines is 1. The van der Waals surface area contributed by atoms with Crippen molar-refractivity contribution < 1.29 is 28.9 Å². The van der Waals surface area contributed by atoms with Crippen LogP contribution in [0.4, 0.5) is 5.69 Å². The Labute approximate surface area is 180 Å². The van der Waals surface area contributed by atoms with Gasteiger partial charge in [-0.25, -0.2) is 4.79 Å². The summed E-state index contributed by atoms with van der Waals surface area (Å²) in [5, 5.41) is 12.7. The van der Waals surface area contributed by atoms with E-state index in [4.69, 9.17) is 14.2 Å². The molecule has 3 aromatic rings. The number of phenols is 1. The van der Waals surface area contributed by atoms with Gasteiger partial charge in [-0.15, -0.1) is 0 Å². The molecule has 0 saturated heterocycles. The number of esters is 1. The molecule has 0 aliphatic carbocycles. The highest BCUT2D eigenvalue weighted by Crippen LogP contribution is 2.30. The molecule has 1 atom stereocenters. The quantitative estimate of drug-likeness (QED) is 0.531. The standard InChI is InChI=1S/C24H23NO6/c1-16(31-24(28)20-9-6-10-21(29-2)22(20)26)23(27)25-18-11-13-19(14-12-18)30-15-17-7-4-3-5-8-17/h3-14,16,26H,15H2,1-2H3,(H,25,27). The van der Waals surface area contributed by atoms with E-state index in [1.54, 1.807) is 30.3 Å². The summed E-state index contributed by atoms with van der Waals surface area (Å²) in [5.74, 6) is -0.873. The second kappa shape index (κ2) is 10.2. The molecule has 1 unspecified atom stereocenters. The Morgan fingerprint density at radius 1 is 0.968 bits per heavy atom. The van der Waals surface area contributed by atoms with Crippen molar-refractivity contribution in [3.8, 4) is 17.2 Å². The smallest absolute Gasteiger partial charge is 0.342 e. The summed E-state index contributed by atoms with van der Waals surface area (Å²) in [5.41, 5.74) is 1.50. The third kappa shape index (κ3) is 5.76. The van der Waals surface area contributed by atoms with Crippen molar-refractivity contribution >= 4 is 17.6 Å². The molecule has 0 saturated carbocycles. The first-order valence-electron chi connectivity index (χ1n) is 9.62. The summed E-state index contributed by atoms with van der Waals surface area (Å²) in [7, 11) is 1.37. The van der Waals surface area contributed by atoms with Crippen LogP contribution in [0.15, 0.2) is 72.8 Å². The maximum absolute atomic E-state index is 12.4. The summed E-state index contributed by atoms with van der Waals surface area (Å²) in [4.78, 5) is 24.7. The number of hydrogen-bond acceptors (Lipinski definition) is 6. The molecule has 0 fully saturated rings. The molecule has 31 heavy (non-hydrogen) atoms. The molecule has 1 amide bonds. The van der Waals surface area contributed by atoms with Crippen LogP contribution in [0.25, 0.3) is 0 Å². The molecule has 0 bridgehead atoms. The van der Waals surface area contributed by atoms with Crippen LogP contribution < -0.4 is 14.8 Å². The molecule has 2 N–H and O–H groups in total. The number of benzene rings is 3. The minimum absolute atomic E-state index is 0.0843. The van der Waals surface area contributed by atoms with Gasteiger partial charge in [0.2, 0.25) is 0 Å². The molecule has 7 nitrogen and oxygen atoms in total. The highest BCUT2D eigenvalue weighted by Gasteiger charge is 2.22. The van der Waals surface area contributed by atoms with E-state index in [0.717, 1.165) is 5.56 Å². The molecular formula is C24H23NO6. The first-order chi connectivity index (χ1) is 15.0. The number of nitrogens with one attached hydrogen (secondary N) is 1. The summed E-state index contributed by atoms with van der Waals surface area (Å²) < 4.78 is 15.9. The fourth-order valence-corrected chi connectivity index (χ4v) is 2.75. The van der Waals surface area contributed by atoms with Crippen LogP contribution in [0.3, 0.4) is 0 Å². The number of rotatable bonds is 8. The maximum Gasteiger partial charge on any atom is 0.342 e. The Bertz CT molecular complexity index is 1030. The number of aromatic hydroxyl groups is 1. The fourth-order valence-electron chi connectivity index (χ4n) is 2.75. The topological polar surface area (TPSA) is 94.1 Å². The SMILES string of the molecule is COc1cccc(C(=O)OC(C)C(=O)Nc2ccc(OCc3ccccc3)cc2)c1O. The second-order valence-corrected chi connectivity index (χ2v) is 6.69. The monoisotopic (exact) mass is 421 g/mol. The lowest BCUT2D eigenvalue weighted by Crippen LogP contribution is -2.30. The van der Waals surface area contributed by atoms with Gasteiger partial charge in [-0.3, -0.25) is 4.79 Å². The van der Waals surface area contributed by atoms with Gasteiger partial charge in [0.15, 0.2) is 17.6 Å². The third-order valence-electron chi connectivity index (χ3n) is 4.46. The minimum atomic E-state index is -1.08. The Kier molecular flexibility index (Phi) is 7.11. The number of amides is 1. The normalized spacial score (nSPS) is 11.3. The van der Waals surface area contributed by atoms with Crippen molar-refractivity contribution in [3.63, 3.8) is 0 Å². The van der Waals surface area contributed by atoms with E-state index in [1.165, 1.54) is 26.2 Å². The van der Waals surface area contributed by atoms with Gasteiger partial charge in [-0.2, -0.15) is 0 Å². The molecule has 7 heteroatoms. The number of hydrogen-bond donors (Lipinski definition) is 2. The van der Waals surface area contributed by atoms with Crippen LogP contribution in [0.1, 0.15) is 22.8 Å². The van der Waals surface area contributed by atoms with Crippen LogP contribution in [0.5, 0.6) is 17.2 Å². The van der Waals surface area contributed by atoms with E-state index in [0.29, 0.717) is 18.0 Å². The van der Waals surface area contributed by atoms with Gasteiger partial charge in [0.1, 0.15) is 17.9 Å². The number of phenolic OH excluding ortho intramolecular Hbond substituents is 1. The number of para-hydroxylation sites is 1. The zero-order chi connectivity index (χ0) is 22.2. The number of carbonyl (C=O) groups is 2. The van der Waals surface area contributed by atoms with Crippen LogP contribution in [0, 0.1) is 0 Å². The molecular weight excluding hydrogens is 398 g/mol. The fraction of sp³-hybridized carbons (Fsp3) is 0.167. The highest BCUT2D eigenvalue weighted by molar-refractivity contribution is 5.98. The van der Waals surface area contributed by atoms with Crippen molar-refractivity contribution in [2.24, 2.45) is 0 Å². The predicted molar refractivity (Wildman–Crippen MR) is 115 cm³/mol. The van der Waals surface area contributed by atoms with E-state index >= 15 is 0 Å². The van der Waals surface area contributed by atoms with Gasteiger partial charge in [-0.05, 0) is 48.9 Å². The summed E-state index contributed by atoms with van der Waals surface area (Å²) >= 11 is 0. The Balaban J connectivity index is 1.54. The van der Waals surface area contributed by atoms with Crippen LogP contribution in [-0.4, -0.2) is 30.2 Å². The lowest BCUT2D eigenvalue weighted by molar-refractivity contribution is -0.123. The van der Waals surface area contributed by atoms with E-state index in [9.17, 15) is 14.7 Å². The second-order valence-electron chi connectivity index (χ2n) is 6.69. The Hall–Kier alpha value is -4.00. The van der Waals surface area contributed by atoms with E-state index < -0.39 is 18.0 Å². The summed E-state index contributed by atoms with van der Waals surface area (Å²) in [6.07, 6.45) is -1.08. The van der Waals surface area contributed by atoms with Crippen LogP contribution >= 0.6 is 0 Å². The van der Waals surface area contributed by atoms with Crippen molar-refractivity contribution in [2.45, 2.75) is 19.6 Å². The van der Waals surface area contributed by atoms with Gasteiger partial charge in [0.25, 0.3) is 5.91 Å². The molecule has 0 spiro atoms. The summed E-state index contributed by atoms with van der Waals surface area (Å²) in [6.45, 7) is 1.89. The highest BCUT2D eigenvalue weighted by atomic mass is 16.5. The molecule has 3 rings (SSSR count). The molecule has 0 radical (unpaired) electrons. The van der Waals surface area contributed by atoms with Gasteiger partial charge in [0.05, 0.1) is 7.11 Å². The van der Waals surface area contributed by atoms with Gasteiger partial charge < -0.3 is 24.6 Å².